The maximum absolute atomic E-state index is 13.8. The van der Waals surface area contributed by atoms with Crippen LogP contribution in [0, 0.1) is 5.92 Å². The van der Waals surface area contributed by atoms with Gasteiger partial charge in [0, 0.05) is 62.9 Å². The van der Waals surface area contributed by atoms with Crippen LogP contribution in [0.15, 0.2) is 66.7 Å². The Morgan fingerprint density at radius 2 is 1.77 bits per heavy atom. The second-order valence-electron chi connectivity index (χ2n) is 11.0. The number of ether oxygens (including phenoxy) is 5. The Labute approximate surface area is 256 Å². The predicted octanol–water partition coefficient (Wildman–Crippen LogP) is 5.83. The van der Waals surface area contributed by atoms with Gasteiger partial charge >= 0.3 is 0 Å². The molecule has 1 aliphatic rings. The minimum atomic E-state index is -0.0364. The van der Waals surface area contributed by atoms with E-state index in [0.717, 1.165) is 42.0 Å². The molecular formula is C35H46N2O6. The van der Waals surface area contributed by atoms with Crippen molar-refractivity contribution < 1.29 is 28.5 Å². The highest BCUT2D eigenvalue weighted by molar-refractivity contribution is 5.95. The molecule has 3 aromatic rings. The maximum Gasteiger partial charge on any atom is 0.254 e. The van der Waals surface area contributed by atoms with Gasteiger partial charge in [0.05, 0.1) is 33.0 Å². The number of methoxy groups -OCH3 is 2. The molecule has 1 N–H and O–H groups in total. The lowest BCUT2D eigenvalue weighted by Crippen LogP contribution is -2.43. The lowest BCUT2D eigenvalue weighted by Gasteiger charge is -2.31. The van der Waals surface area contributed by atoms with Crippen LogP contribution in [0.5, 0.6) is 17.2 Å². The molecule has 8 nitrogen and oxygen atoms in total. The van der Waals surface area contributed by atoms with E-state index < -0.39 is 0 Å². The molecule has 1 saturated heterocycles. The van der Waals surface area contributed by atoms with Crippen molar-refractivity contribution in [3.63, 3.8) is 0 Å². The van der Waals surface area contributed by atoms with Gasteiger partial charge in [0.2, 0.25) is 0 Å². The number of carbonyl (C=O) groups excluding carboxylic acids is 1. The van der Waals surface area contributed by atoms with Gasteiger partial charge in [-0.05, 0) is 62.2 Å². The number of hydrogen-bond donors (Lipinski definition) is 1. The summed E-state index contributed by atoms with van der Waals surface area (Å²) in [7, 11) is 3.26. The average Bonchev–Trinajstić information content (AvgIpc) is 3.48. The number of rotatable bonds is 16. The Morgan fingerprint density at radius 3 is 2.53 bits per heavy atom. The van der Waals surface area contributed by atoms with Crippen LogP contribution < -0.4 is 19.5 Å². The number of nitrogens with zero attached hydrogens (tertiary/aromatic N) is 1. The van der Waals surface area contributed by atoms with Gasteiger partial charge in [0.25, 0.3) is 5.91 Å². The Bertz CT molecular complexity index is 1310. The van der Waals surface area contributed by atoms with Crippen LogP contribution in [-0.2, 0) is 16.1 Å². The minimum Gasteiger partial charge on any atom is -0.493 e. The van der Waals surface area contributed by atoms with E-state index in [0.29, 0.717) is 50.0 Å². The molecule has 1 amide bonds. The fraction of sp³-hybridized carbons (Fsp3) is 0.457. The summed E-state index contributed by atoms with van der Waals surface area (Å²) < 4.78 is 28.8. The van der Waals surface area contributed by atoms with Crippen molar-refractivity contribution in [3.05, 3.63) is 77.9 Å². The molecule has 1 fully saturated rings. The van der Waals surface area contributed by atoms with Crippen molar-refractivity contribution in [1.82, 2.24) is 10.2 Å². The maximum atomic E-state index is 13.8. The van der Waals surface area contributed by atoms with E-state index in [1.807, 2.05) is 43.9 Å². The number of carbonyl (C=O) groups is 1. The van der Waals surface area contributed by atoms with Gasteiger partial charge in [-0.1, -0.05) is 36.4 Å². The topological polar surface area (TPSA) is 78.5 Å². The Kier molecular flexibility index (Phi) is 12.3. The second-order valence-corrected chi connectivity index (χ2v) is 11.0. The largest absolute Gasteiger partial charge is 0.493 e. The molecule has 43 heavy (non-hydrogen) atoms. The van der Waals surface area contributed by atoms with Crippen LogP contribution in [0.3, 0.4) is 0 Å². The number of benzene rings is 3. The summed E-state index contributed by atoms with van der Waals surface area (Å²) in [4.78, 5) is 15.7. The molecule has 3 aromatic carbocycles. The van der Waals surface area contributed by atoms with E-state index in [4.69, 9.17) is 23.7 Å². The van der Waals surface area contributed by atoms with Crippen molar-refractivity contribution >= 4 is 5.91 Å². The molecule has 232 valence electrons. The SMILES string of the molecule is CCOc1ccccc1-c1cccc(CO[C@H]2CNC[C@H]2CN(C(=O)c2ccc(OC)c(OCCCOC)c2)C(C)C)c1. The molecule has 0 radical (unpaired) electrons. The van der Waals surface area contributed by atoms with Crippen molar-refractivity contribution in [3.8, 4) is 28.4 Å². The molecule has 0 saturated carbocycles. The zero-order valence-electron chi connectivity index (χ0n) is 26.1. The van der Waals surface area contributed by atoms with Gasteiger partial charge in [-0.2, -0.15) is 0 Å². The molecule has 2 atom stereocenters. The third-order valence-electron chi connectivity index (χ3n) is 7.64. The quantitative estimate of drug-likeness (QED) is 0.210. The lowest BCUT2D eigenvalue weighted by atomic mass is 10.0. The number of para-hydroxylation sites is 1. The van der Waals surface area contributed by atoms with Crippen molar-refractivity contribution in [1.29, 1.82) is 0 Å². The first kappa shape index (κ1) is 32.3. The summed E-state index contributed by atoms with van der Waals surface area (Å²) in [6, 6.07) is 21.9. The van der Waals surface area contributed by atoms with Crippen molar-refractivity contribution in [2.24, 2.45) is 5.92 Å². The fourth-order valence-corrected chi connectivity index (χ4v) is 5.36. The summed E-state index contributed by atoms with van der Waals surface area (Å²) in [6.45, 7) is 10.4. The van der Waals surface area contributed by atoms with E-state index in [9.17, 15) is 4.79 Å². The third-order valence-corrected chi connectivity index (χ3v) is 7.64. The van der Waals surface area contributed by atoms with E-state index in [2.05, 4.69) is 35.6 Å². The van der Waals surface area contributed by atoms with Gasteiger partial charge in [-0.3, -0.25) is 4.79 Å². The van der Waals surface area contributed by atoms with Crippen molar-refractivity contribution in [2.75, 3.05) is 53.7 Å². The van der Waals surface area contributed by atoms with Gasteiger partial charge in [-0.25, -0.2) is 0 Å². The summed E-state index contributed by atoms with van der Waals surface area (Å²) in [6.07, 6.45) is 0.737. The Hall–Kier alpha value is -3.59. The van der Waals surface area contributed by atoms with Crippen LogP contribution in [-0.4, -0.2) is 76.6 Å². The van der Waals surface area contributed by atoms with Gasteiger partial charge in [-0.15, -0.1) is 0 Å². The van der Waals surface area contributed by atoms with E-state index in [1.54, 1.807) is 32.4 Å². The van der Waals surface area contributed by atoms with Crippen LogP contribution in [0.4, 0.5) is 0 Å². The zero-order valence-corrected chi connectivity index (χ0v) is 26.1. The van der Waals surface area contributed by atoms with Crippen LogP contribution in [0.25, 0.3) is 11.1 Å². The van der Waals surface area contributed by atoms with Crippen LogP contribution in [0.1, 0.15) is 43.1 Å². The smallest absolute Gasteiger partial charge is 0.254 e. The summed E-state index contributed by atoms with van der Waals surface area (Å²) in [5, 5.41) is 3.47. The van der Waals surface area contributed by atoms with Crippen LogP contribution >= 0.6 is 0 Å². The fourth-order valence-electron chi connectivity index (χ4n) is 5.36. The summed E-state index contributed by atoms with van der Waals surface area (Å²) >= 11 is 0. The standard InChI is InChI=1S/C35H46N2O6/c1-6-41-31-14-8-7-13-30(31)27-12-9-11-26(19-27)24-43-34-22-36-21-29(34)23-37(25(2)3)35(38)28-15-16-32(40-5)33(20-28)42-18-10-17-39-4/h7-9,11-16,19-20,25,29,34,36H,6,10,17-18,21-24H2,1-5H3/t29-,34-/m0/s1. The molecule has 8 heteroatoms. The van der Waals surface area contributed by atoms with Gasteiger partial charge in [0.15, 0.2) is 11.5 Å². The molecule has 1 aliphatic heterocycles. The molecule has 0 aromatic heterocycles. The first-order valence-corrected chi connectivity index (χ1v) is 15.2. The number of amides is 1. The number of hydrogen-bond acceptors (Lipinski definition) is 7. The molecular weight excluding hydrogens is 544 g/mol. The van der Waals surface area contributed by atoms with Crippen molar-refractivity contribution in [2.45, 2.75) is 45.9 Å². The highest BCUT2D eigenvalue weighted by atomic mass is 16.5. The van der Waals surface area contributed by atoms with E-state index in [-0.39, 0.29) is 24.0 Å². The minimum absolute atomic E-state index is 0.0102. The van der Waals surface area contributed by atoms with Gasteiger partial charge in [0.1, 0.15) is 5.75 Å². The average molecular weight is 591 g/mol. The third kappa shape index (κ3) is 8.72. The highest BCUT2D eigenvalue weighted by Crippen LogP contribution is 2.31. The molecule has 0 bridgehead atoms. The normalized spacial score (nSPS) is 16.3. The Morgan fingerprint density at radius 1 is 0.930 bits per heavy atom. The first-order chi connectivity index (χ1) is 20.9. The Balaban J connectivity index is 1.42. The number of nitrogens with one attached hydrogen (secondary N) is 1. The van der Waals surface area contributed by atoms with Crippen LogP contribution in [0.2, 0.25) is 0 Å². The second kappa shape index (κ2) is 16.3. The zero-order chi connectivity index (χ0) is 30.6. The lowest BCUT2D eigenvalue weighted by molar-refractivity contribution is 0.0129. The van der Waals surface area contributed by atoms with E-state index >= 15 is 0 Å². The van der Waals surface area contributed by atoms with E-state index in [1.165, 1.54) is 0 Å². The monoisotopic (exact) mass is 590 g/mol. The predicted molar refractivity (Wildman–Crippen MR) is 169 cm³/mol. The summed E-state index contributed by atoms with van der Waals surface area (Å²) in [5.74, 6) is 2.16. The van der Waals surface area contributed by atoms with Gasteiger partial charge < -0.3 is 33.9 Å². The molecule has 0 spiro atoms. The molecule has 0 aliphatic carbocycles. The molecule has 1 heterocycles. The molecule has 0 unspecified atom stereocenters. The highest BCUT2D eigenvalue weighted by Gasteiger charge is 2.32. The summed E-state index contributed by atoms with van der Waals surface area (Å²) in [5.41, 5.74) is 3.84. The molecule has 4 rings (SSSR count). The first-order valence-electron chi connectivity index (χ1n) is 15.2.